The summed E-state index contributed by atoms with van der Waals surface area (Å²) in [6.45, 7) is 1.53. The van der Waals surface area contributed by atoms with Crippen LogP contribution in [0.4, 0.5) is 0 Å². The minimum atomic E-state index is -1.47. The quantitative estimate of drug-likeness (QED) is 0.581. The van der Waals surface area contributed by atoms with Gasteiger partial charge in [0.05, 0.1) is 6.61 Å². The first-order valence-electron chi connectivity index (χ1n) is 7.35. The smallest absolute Gasteiger partial charge is 0.331 e. The summed E-state index contributed by atoms with van der Waals surface area (Å²) in [4.78, 5) is 34.9. The average molecular weight is 357 g/mol. The van der Waals surface area contributed by atoms with Gasteiger partial charge >= 0.3 is 5.97 Å². The maximum atomic E-state index is 11.9. The predicted molar refractivity (Wildman–Crippen MR) is 89.1 cm³/mol. The number of methoxy groups -OCH3 is 1. The zero-order valence-electron chi connectivity index (χ0n) is 13.6. The number of aliphatic carboxylic acids is 1. The number of carbonyl (C=O) groups is 3. The number of rotatable bonds is 9. The van der Waals surface area contributed by atoms with Gasteiger partial charge in [0.15, 0.2) is 5.54 Å². The zero-order chi connectivity index (χ0) is 18.2. The molecule has 24 heavy (non-hydrogen) atoms. The second-order valence-electron chi connectivity index (χ2n) is 5.48. The molecule has 0 bridgehead atoms. The third-order valence-corrected chi connectivity index (χ3v) is 3.54. The topological polar surface area (TPSA) is 105 Å². The lowest BCUT2D eigenvalue weighted by Crippen LogP contribution is -2.55. The summed E-state index contributed by atoms with van der Waals surface area (Å²) in [6.07, 6.45) is 0.474. The Kier molecular flexibility index (Phi) is 7.67. The summed E-state index contributed by atoms with van der Waals surface area (Å²) in [6, 6.07) is 6.44. The third-order valence-electron chi connectivity index (χ3n) is 3.29. The van der Waals surface area contributed by atoms with Crippen LogP contribution in [-0.4, -0.2) is 48.7 Å². The minimum Gasteiger partial charge on any atom is -0.479 e. The Morgan fingerprint density at radius 3 is 2.42 bits per heavy atom. The number of ether oxygens (including phenoxy) is 1. The Labute approximate surface area is 145 Å². The number of amides is 2. The maximum Gasteiger partial charge on any atom is 0.331 e. The molecule has 0 radical (unpaired) electrons. The second kappa shape index (κ2) is 9.24. The van der Waals surface area contributed by atoms with Gasteiger partial charge in [-0.15, -0.1) is 0 Å². The molecule has 8 heteroatoms. The van der Waals surface area contributed by atoms with E-state index in [1.165, 1.54) is 14.0 Å². The van der Waals surface area contributed by atoms with Gasteiger partial charge in [0.25, 0.3) is 5.91 Å². The van der Waals surface area contributed by atoms with Gasteiger partial charge in [-0.25, -0.2) is 4.79 Å². The Bertz CT molecular complexity index is 591. The number of benzene rings is 1. The van der Waals surface area contributed by atoms with E-state index in [1.54, 1.807) is 24.3 Å². The molecular formula is C16H21ClN2O5. The van der Waals surface area contributed by atoms with Crippen molar-refractivity contribution in [3.63, 3.8) is 0 Å². The fourth-order valence-electron chi connectivity index (χ4n) is 1.96. The molecule has 1 unspecified atom stereocenters. The van der Waals surface area contributed by atoms with Crippen LogP contribution >= 0.6 is 11.6 Å². The van der Waals surface area contributed by atoms with E-state index in [1.807, 2.05) is 0 Å². The lowest BCUT2D eigenvalue weighted by molar-refractivity contribution is -0.149. The van der Waals surface area contributed by atoms with Gasteiger partial charge in [-0.1, -0.05) is 11.6 Å². The van der Waals surface area contributed by atoms with Crippen LogP contribution in [0.15, 0.2) is 24.3 Å². The fourth-order valence-corrected chi connectivity index (χ4v) is 2.09. The molecule has 3 N–H and O–H groups in total. The summed E-state index contributed by atoms with van der Waals surface area (Å²) < 4.78 is 4.82. The van der Waals surface area contributed by atoms with Gasteiger partial charge in [0, 0.05) is 30.7 Å². The van der Waals surface area contributed by atoms with Crippen LogP contribution in [0.1, 0.15) is 30.1 Å². The highest BCUT2D eigenvalue weighted by Gasteiger charge is 2.34. The van der Waals surface area contributed by atoms with E-state index in [4.69, 9.17) is 21.4 Å². The Morgan fingerprint density at radius 2 is 1.88 bits per heavy atom. The van der Waals surface area contributed by atoms with Crippen LogP contribution in [-0.2, 0) is 14.3 Å². The molecule has 1 aromatic carbocycles. The van der Waals surface area contributed by atoms with Crippen LogP contribution in [0.5, 0.6) is 0 Å². The first-order chi connectivity index (χ1) is 11.3. The number of nitrogens with one attached hydrogen (secondary N) is 2. The molecule has 0 fully saturated rings. The minimum absolute atomic E-state index is 0.0908. The van der Waals surface area contributed by atoms with Crippen molar-refractivity contribution in [2.24, 2.45) is 0 Å². The number of carboxylic acids is 1. The van der Waals surface area contributed by atoms with Crippen LogP contribution in [0.2, 0.25) is 5.02 Å². The van der Waals surface area contributed by atoms with E-state index in [-0.39, 0.29) is 18.9 Å². The van der Waals surface area contributed by atoms with E-state index in [0.29, 0.717) is 23.6 Å². The van der Waals surface area contributed by atoms with Crippen molar-refractivity contribution in [2.75, 3.05) is 20.3 Å². The summed E-state index contributed by atoms with van der Waals surface area (Å²) in [5, 5.41) is 14.8. The molecule has 2 amide bonds. The van der Waals surface area contributed by atoms with Crippen LogP contribution < -0.4 is 10.6 Å². The molecule has 0 heterocycles. The first kappa shape index (κ1) is 19.9. The zero-order valence-corrected chi connectivity index (χ0v) is 14.4. The fraction of sp³-hybridized carbons (Fsp3) is 0.438. The van der Waals surface area contributed by atoms with Crippen molar-refractivity contribution in [2.45, 2.75) is 25.3 Å². The van der Waals surface area contributed by atoms with E-state index < -0.39 is 17.4 Å². The highest BCUT2D eigenvalue weighted by Crippen LogP contribution is 2.09. The number of hydrogen-bond donors (Lipinski definition) is 3. The van der Waals surface area contributed by atoms with Gasteiger partial charge in [-0.2, -0.15) is 0 Å². The SMILES string of the molecule is COCC(C)(NC(=O)CCCNC(=O)c1ccc(Cl)cc1)C(=O)O. The lowest BCUT2D eigenvalue weighted by Gasteiger charge is -2.25. The van der Waals surface area contributed by atoms with E-state index in [9.17, 15) is 14.4 Å². The van der Waals surface area contributed by atoms with Crippen molar-refractivity contribution in [1.29, 1.82) is 0 Å². The van der Waals surface area contributed by atoms with Gasteiger partial charge < -0.3 is 20.5 Å². The molecule has 0 saturated heterocycles. The van der Waals surface area contributed by atoms with E-state index in [2.05, 4.69) is 10.6 Å². The number of carbonyl (C=O) groups excluding carboxylic acids is 2. The van der Waals surface area contributed by atoms with E-state index >= 15 is 0 Å². The summed E-state index contributed by atoms with van der Waals surface area (Å²) >= 11 is 5.75. The van der Waals surface area contributed by atoms with Crippen molar-refractivity contribution < 1.29 is 24.2 Å². The molecule has 0 aromatic heterocycles. The summed E-state index contributed by atoms with van der Waals surface area (Å²) in [5.41, 5.74) is -0.999. The van der Waals surface area contributed by atoms with Crippen LogP contribution in [0, 0.1) is 0 Å². The van der Waals surface area contributed by atoms with Gasteiger partial charge in [-0.3, -0.25) is 9.59 Å². The predicted octanol–water partition coefficient (Wildman–Crippen LogP) is 1.46. The van der Waals surface area contributed by atoms with Gasteiger partial charge in [0.2, 0.25) is 5.91 Å². The Hall–Kier alpha value is -2.12. The molecule has 1 atom stereocenters. The molecule has 132 valence electrons. The lowest BCUT2D eigenvalue weighted by atomic mass is 10.0. The summed E-state index contributed by atoms with van der Waals surface area (Å²) in [5.74, 6) is -1.85. The van der Waals surface area contributed by atoms with Crippen molar-refractivity contribution in [1.82, 2.24) is 10.6 Å². The number of halogens is 1. The van der Waals surface area contributed by atoms with E-state index in [0.717, 1.165) is 0 Å². The summed E-state index contributed by atoms with van der Waals surface area (Å²) in [7, 11) is 1.36. The Balaban J connectivity index is 2.36. The van der Waals surface area contributed by atoms with Gasteiger partial charge in [0.1, 0.15) is 0 Å². The number of carboxylic acid groups (broad SMARTS) is 1. The Morgan fingerprint density at radius 1 is 1.25 bits per heavy atom. The highest BCUT2D eigenvalue weighted by atomic mass is 35.5. The highest BCUT2D eigenvalue weighted by molar-refractivity contribution is 6.30. The standard InChI is InChI=1S/C16H21ClN2O5/c1-16(10-24-2,15(22)23)19-13(20)4-3-9-18-14(21)11-5-7-12(17)8-6-11/h5-8H,3-4,9-10H2,1-2H3,(H,18,21)(H,19,20)(H,22,23). The normalized spacial score (nSPS) is 13.0. The molecule has 0 aliphatic carbocycles. The molecular weight excluding hydrogens is 336 g/mol. The maximum absolute atomic E-state index is 11.9. The molecule has 0 saturated carbocycles. The third kappa shape index (κ3) is 6.17. The van der Waals surface area contributed by atoms with Crippen molar-refractivity contribution in [3.05, 3.63) is 34.9 Å². The molecule has 0 aliphatic rings. The monoisotopic (exact) mass is 356 g/mol. The second-order valence-corrected chi connectivity index (χ2v) is 5.92. The van der Waals surface area contributed by atoms with Gasteiger partial charge in [-0.05, 0) is 37.6 Å². The molecule has 1 rings (SSSR count). The van der Waals surface area contributed by atoms with Crippen molar-refractivity contribution >= 4 is 29.4 Å². The molecule has 0 spiro atoms. The molecule has 1 aromatic rings. The van der Waals surface area contributed by atoms with Crippen molar-refractivity contribution in [3.8, 4) is 0 Å². The first-order valence-corrected chi connectivity index (χ1v) is 7.73. The van der Waals surface area contributed by atoms with Crippen LogP contribution in [0.25, 0.3) is 0 Å². The largest absolute Gasteiger partial charge is 0.479 e. The molecule has 0 aliphatic heterocycles. The number of hydrogen-bond acceptors (Lipinski definition) is 4. The molecule has 7 nitrogen and oxygen atoms in total. The van der Waals surface area contributed by atoms with Crippen LogP contribution in [0.3, 0.4) is 0 Å². The average Bonchev–Trinajstić information content (AvgIpc) is 2.52.